The maximum Gasteiger partial charge on any atom is 0.434 e. The summed E-state index contributed by atoms with van der Waals surface area (Å²) >= 11 is 0. The van der Waals surface area contributed by atoms with Crippen LogP contribution in [0.1, 0.15) is 105 Å². The number of alkyl halides is 6. The van der Waals surface area contributed by atoms with Crippen molar-refractivity contribution in [1.29, 1.82) is 0 Å². The van der Waals surface area contributed by atoms with Crippen LogP contribution in [0.2, 0.25) is 0 Å². The topological polar surface area (TPSA) is 104 Å². The summed E-state index contributed by atoms with van der Waals surface area (Å²) in [6, 6.07) is 23.5. The van der Waals surface area contributed by atoms with Crippen LogP contribution >= 0.6 is 0 Å². The number of anilines is 2. The summed E-state index contributed by atoms with van der Waals surface area (Å²) in [5, 5.41) is 0. The third-order valence-electron chi connectivity index (χ3n) is 14.0. The number of fused-ring (bicyclic) bond motifs is 2. The molecule has 374 valence electrons. The molecule has 0 saturated carbocycles. The first-order valence-electron chi connectivity index (χ1n) is 24.2. The fraction of sp³-hybridized carbons (Fsp3) is 0.370. The van der Waals surface area contributed by atoms with E-state index in [9.17, 15) is 26.3 Å². The van der Waals surface area contributed by atoms with Crippen molar-refractivity contribution in [3.8, 4) is 45.3 Å². The van der Waals surface area contributed by atoms with Gasteiger partial charge in [-0.25, -0.2) is 19.9 Å². The van der Waals surface area contributed by atoms with Gasteiger partial charge in [0.15, 0.2) is 11.4 Å². The van der Waals surface area contributed by atoms with E-state index in [0.29, 0.717) is 43.7 Å². The lowest BCUT2D eigenvalue weighted by molar-refractivity contribution is -0.141. The molecule has 10 rings (SSSR count). The molecule has 72 heavy (non-hydrogen) atoms. The van der Waals surface area contributed by atoms with Crippen molar-refractivity contribution in [3.63, 3.8) is 0 Å². The van der Waals surface area contributed by atoms with Crippen molar-refractivity contribution >= 4 is 11.4 Å². The summed E-state index contributed by atoms with van der Waals surface area (Å²) in [5.74, 6) is 2.49. The molecule has 0 radical (unpaired) electrons. The van der Waals surface area contributed by atoms with Crippen LogP contribution in [0.4, 0.5) is 37.7 Å². The zero-order valence-corrected chi connectivity index (χ0v) is 41.6. The van der Waals surface area contributed by atoms with Gasteiger partial charge in [-0.1, -0.05) is 27.7 Å². The van der Waals surface area contributed by atoms with Crippen molar-refractivity contribution in [2.75, 3.05) is 9.80 Å². The lowest BCUT2D eigenvalue weighted by atomic mass is 9.98. The van der Waals surface area contributed by atoms with Gasteiger partial charge < -0.3 is 28.1 Å². The second-order valence-electron chi connectivity index (χ2n) is 19.8. The maximum absolute atomic E-state index is 13.5. The van der Waals surface area contributed by atoms with E-state index in [1.54, 1.807) is 14.1 Å². The monoisotopic (exact) mass is 986 g/mol. The second-order valence-corrected chi connectivity index (χ2v) is 19.8. The van der Waals surface area contributed by atoms with E-state index in [-0.39, 0.29) is 35.6 Å². The Labute approximate surface area is 414 Å². The molecule has 18 heteroatoms. The highest BCUT2D eigenvalue weighted by atomic mass is 19.4. The molecule has 0 fully saturated rings. The number of rotatable bonds is 10. The number of halogens is 6. The predicted octanol–water partition coefficient (Wildman–Crippen LogP) is 12.0. The normalized spacial score (nSPS) is 16.3. The third kappa shape index (κ3) is 8.82. The number of aryl methyl sites for hydroxylation is 3. The van der Waals surface area contributed by atoms with Crippen LogP contribution < -0.4 is 9.80 Å². The summed E-state index contributed by atoms with van der Waals surface area (Å²) in [4.78, 5) is 33.2. The van der Waals surface area contributed by atoms with E-state index >= 15 is 0 Å². The molecule has 2 aliphatic heterocycles. The number of nitrogens with zero attached hydrogens (tertiary/aromatic N) is 12. The van der Waals surface area contributed by atoms with Crippen molar-refractivity contribution in [1.82, 2.24) is 48.2 Å². The molecule has 2 aromatic carbocycles. The first kappa shape index (κ1) is 48.4. The molecule has 6 aromatic heterocycles. The van der Waals surface area contributed by atoms with E-state index in [0.717, 1.165) is 86.4 Å². The first-order chi connectivity index (χ1) is 34.1. The van der Waals surface area contributed by atoms with Crippen molar-refractivity contribution in [3.05, 3.63) is 143 Å². The molecule has 0 saturated heterocycles. The van der Waals surface area contributed by atoms with E-state index in [2.05, 4.69) is 88.6 Å². The van der Waals surface area contributed by atoms with Gasteiger partial charge in [0.05, 0.1) is 47.3 Å². The molecule has 2 aliphatic rings. The van der Waals surface area contributed by atoms with Crippen LogP contribution in [0.3, 0.4) is 0 Å². The van der Waals surface area contributed by atoms with Crippen molar-refractivity contribution in [2.24, 2.45) is 14.1 Å². The van der Waals surface area contributed by atoms with Gasteiger partial charge in [-0.05, 0) is 105 Å². The van der Waals surface area contributed by atoms with Crippen LogP contribution in [0.25, 0.3) is 45.3 Å². The molecule has 0 spiro atoms. The van der Waals surface area contributed by atoms with Crippen LogP contribution in [0, 0.1) is 6.92 Å². The number of hydrogen-bond donors (Lipinski definition) is 0. The van der Waals surface area contributed by atoms with Gasteiger partial charge in [0.25, 0.3) is 0 Å². The Morgan fingerprint density at radius 3 is 1.57 bits per heavy atom. The largest absolute Gasteiger partial charge is 0.434 e. The molecule has 8 heterocycles. The van der Waals surface area contributed by atoms with Gasteiger partial charge >= 0.3 is 12.4 Å². The third-order valence-corrected chi connectivity index (χ3v) is 14.0. The molecule has 0 aliphatic carbocycles. The van der Waals surface area contributed by atoms with E-state index in [4.69, 9.17) is 19.9 Å². The Kier molecular flexibility index (Phi) is 12.2. The summed E-state index contributed by atoms with van der Waals surface area (Å²) in [5.41, 5.74) is 9.76. The summed E-state index contributed by atoms with van der Waals surface area (Å²) < 4.78 is 88.3. The van der Waals surface area contributed by atoms with Crippen LogP contribution in [0.5, 0.6) is 0 Å². The Hall–Kier alpha value is -7.24. The quantitative estimate of drug-likeness (QED) is 0.125. The van der Waals surface area contributed by atoms with Crippen LogP contribution in [0.15, 0.2) is 91.4 Å². The molecule has 0 N–H and O–H groups in total. The van der Waals surface area contributed by atoms with E-state index in [1.165, 1.54) is 9.13 Å². The highest BCUT2D eigenvalue weighted by molar-refractivity contribution is 5.70. The van der Waals surface area contributed by atoms with Gasteiger partial charge in [0, 0.05) is 104 Å². The molecule has 2 atom stereocenters. The highest BCUT2D eigenvalue weighted by Crippen LogP contribution is 2.40. The van der Waals surface area contributed by atoms with Crippen molar-refractivity contribution in [2.45, 2.75) is 117 Å². The average Bonchev–Trinajstić information content (AvgIpc) is 4.11. The summed E-state index contributed by atoms with van der Waals surface area (Å²) in [7, 11) is 3.13. The van der Waals surface area contributed by atoms with E-state index < -0.39 is 23.7 Å². The highest BCUT2D eigenvalue weighted by Gasteiger charge is 2.37. The fourth-order valence-corrected chi connectivity index (χ4v) is 10.4. The molecule has 12 nitrogen and oxygen atoms in total. The number of pyridine rings is 2. The first-order valence-corrected chi connectivity index (χ1v) is 24.2. The lowest BCUT2D eigenvalue weighted by Gasteiger charge is -2.37. The predicted molar refractivity (Wildman–Crippen MR) is 265 cm³/mol. The van der Waals surface area contributed by atoms with Gasteiger partial charge in [-0.2, -0.15) is 26.3 Å². The lowest BCUT2D eigenvalue weighted by Crippen LogP contribution is -2.41. The summed E-state index contributed by atoms with van der Waals surface area (Å²) in [6.45, 7) is 17.4. The SMILES string of the molecule is Cc1nc(-c2ccc(Cc3nc(-c4cccnc4C(C)C)c4n3CC(C)N(c3ccc(-c5nc(C(F)(F)F)cn5C)cc3)C4)nc2C(C)C)c2n1C[C@H](C)N(c1ccc(-c3nc(C(F)(F)F)cn3C)cc1)C2. The van der Waals surface area contributed by atoms with Crippen molar-refractivity contribution < 1.29 is 26.3 Å². The Morgan fingerprint density at radius 1 is 0.583 bits per heavy atom. The number of imidazole rings is 4. The van der Waals surface area contributed by atoms with Gasteiger partial charge in [-0.15, -0.1) is 0 Å². The Balaban J connectivity index is 0.956. The fourth-order valence-electron chi connectivity index (χ4n) is 10.4. The summed E-state index contributed by atoms with van der Waals surface area (Å²) in [6.07, 6.45) is -4.76. The Bertz CT molecular complexity index is 3300. The van der Waals surface area contributed by atoms with Crippen LogP contribution in [-0.4, -0.2) is 60.3 Å². The zero-order valence-electron chi connectivity index (χ0n) is 41.6. The molecular weight excluding hydrogens is 931 g/mol. The molecule has 1 unspecified atom stereocenters. The minimum Gasteiger partial charge on any atom is -0.361 e. The standard InChI is InChI=1S/C54H56F6N12/c1-30(2)47-40(11-10-22-61-47)50-43-27-70(39-19-14-36(15-20-39)52-65-45(29-68(52)9)54(58,59)60)33(6)25-72(43)46(66-50)23-37-16-21-41(48(63-37)31(3)4)49-42-26-69(32(5)24-71(42)34(7)62-49)38-17-12-35(13-18-38)51-64-44(28-67(51)8)53(55,56)57/h10-22,28-33H,23-27H2,1-9H3/t32-,33?/m0/s1. The number of hydrogen-bond acceptors (Lipinski definition) is 8. The van der Waals surface area contributed by atoms with Gasteiger partial charge in [0.2, 0.25) is 0 Å². The molecular formula is C54H56F6N12. The van der Waals surface area contributed by atoms with Crippen LogP contribution in [-0.2, 0) is 59.0 Å². The molecule has 0 amide bonds. The van der Waals surface area contributed by atoms with Gasteiger partial charge in [0.1, 0.15) is 23.3 Å². The second kappa shape index (κ2) is 18.1. The minimum absolute atomic E-state index is 0.0388. The molecule has 0 bridgehead atoms. The molecule has 8 aromatic rings. The smallest absolute Gasteiger partial charge is 0.361 e. The average molecular weight is 987 g/mol. The maximum atomic E-state index is 13.5. The number of benzene rings is 2. The number of aromatic nitrogens is 10. The van der Waals surface area contributed by atoms with Gasteiger partial charge in [-0.3, -0.25) is 9.97 Å². The van der Waals surface area contributed by atoms with E-state index in [1.807, 2.05) is 67.7 Å². The Morgan fingerprint density at radius 2 is 1.07 bits per heavy atom. The minimum atomic E-state index is -4.54. The zero-order chi connectivity index (χ0) is 51.1.